The number of hydrogen-bond acceptors (Lipinski definition) is 3. The molecule has 1 saturated carbocycles. The summed E-state index contributed by atoms with van der Waals surface area (Å²) in [7, 11) is 0. The molecule has 5 heteroatoms. The quantitative estimate of drug-likeness (QED) is 0.854. The number of hydrogen-bond donors (Lipinski definition) is 2. The third-order valence-corrected chi connectivity index (χ3v) is 3.67. The second-order valence-corrected chi connectivity index (χ2v) is 5.08. The van der Waals surface area contributed by atoms with Gasteiger partial charge in [0.2, 0.25) is 5.91 Å². The van der Waals surface area contributed by atoms with Crippen LogP contribution in [0.25, 0.3) is 0 Å². The van der Waals surface area contributed by atoms with Gasteiger partial charge in [0.05, 0.1) is 6.26 Å². The Bertz CT molecular complexity index is 432. The molecule has 0 aromatic carbocycles. The van der Waals surface area contributed by atoms with Crippen LogP contribution in [0.2, 0.25) is 0 Å². The summed E-state index contributed by atoms with van der Waals surface area (Å²) in [6.07, 6.45) is 6.10. The molecule has 5 nitrogen and oxygen atoms in total. The van der Waals surface area contributed by atoms with Crippen molar-refractivity contribution in [2.24, 2.45) is 0 Å². The molecule has 0 aliphatic heterocycles. The topological polar surface area (TPSA) is 79.5 Å². The Morgan fingerprint density at radius 1 is 1.32 bits per heavy atom. The van der Waals surface area contributed by atoms with Gasteiger partial charge in [0.25, 0.3) is 0 Å². The minimum absolute atomic E-state index is 0.222. The van der Waals surface area contributed by atoms with Gasteiger partial charge in [-0.1, -0.05) is 19.3 Å². The minimum atomic E-state index is -1.06. The van der Waals surface area contributed by atoms with Gasteiger partial charge in [-0.05, 0) is 25.0 Å². The van der Waals surface area contributed by atoms with Gasteiger partial charge in [-0.3, -0.25) is 4.79 Å². The lowest BCUT2D eigenvalue weighted by atomic mass is 9.81. The third-order valence-electron chi connectivity index (χ3n) is 3.67. The molecule has 0 bridgehead atoms. The van der Waals surface area contributed by atoms with Crippen LogP contribution in [0.5, 0.6) is 0 Å². The molecule has 1 heterocycles. The molecule has 0 spiro atoms. The van der Waals surface area contributed by atoms with Crippen LogP contribution in [-0.4, -0.2) is 22.5 Å². The maximum absolute atomic E-state index is 11.9. The van der Waals surface area contributed by atoms with Crippen molar-refractivity contribution < 1.29 is 19.1 Å². The van der Waals surface area contributed by atoms with E-state index in [0.717, 1.165) is 25.0 Å². The first kappa shape index (κ1) is 13.6. The predicted octanol–water partition coefficient (Wildman–Crippen LogP) is 2.12. The molecule has 2 rings (SSSR count). The molecule has 1 amide bonds. The van der Waals surface area contributed by atoms with E-state index in [9.17, 15) is 14.7 Å². The van der Waals surface area contributed by atoms with Gasteiger partial charge in [-0.15, -0.1) is 0 Å². The highest BCUT2D eigenvalue weighted by Crippen LogP contribution is 2.28. The van der Waals surface area contributed by atoms with Crippen LogP contribution < -0.4 is 5.32 Å². The zero-order valence-corrected chi connectivity index (χ0v) is 10.9. The molecule has 0 radical (unpaired) electrons. The normalized spacial score (nSPS) is 17.9. The maximum atomic E-state index is 11.9. The average molecular weight is 265 g/mol. The highest BCUT2D eigenvalue weighted by Gasteiger charge is 2.40. The van der Waals surface area contributed by atoms with Crippen LogP contribution in [-0.2, 0) is 16.0 Å². The standard InChI is InChI=1S/C14H19NO4/c16-12(7-6-11-5-4-10-19-11)15-14(13(17)18)8-2-1-3-9-14/h4-5,10H,1-3,6-9H2,(H,15,16)(H,17,18). The Labute approximate surface area is 112 Å². The molecule has 1 aliphatic rings. The first-order valence-electron chi connectivity index (χ1n) is 6.69. The van der Waals surface area contributed by atoms with Gasteiger partial charge >= 0.3 is 5.97 Å². The minimum Gasteiger partial charge on any atom is -0.480 e. The Balaban J connectivity index is 1.90. The van der Waals surface area contributed by atoms with E-state index in [-0.39, 0.29) is 12.3 Å². The summed E-state index contributed by atoms with van der Waals surface area (Å²) in [5, 5.41) is 12.1. The van der Waals surface area contributed by atoms with Gasteiger partial charge in [0.15, 0.2) is 0 Å². The highest BCUT2D eigenvalue weighted by atomic mass is 16.4. The Hall–Kier alpha value is -1.78. The zero-order valence-electron chi connectivity index (χ0n) is 10.9. The van der Waals surface area contributed by atoms with Crippen LogP contribution >= 0.6 is 0 Å². The molecule has 0 atom stereocenters. The van der Waals surface area contributed by atoms with Crippen LogP contribution in [0.3, 0.4) is 0 Å². The second kappa shape index (κ2) is 5.91. The zero-order chi connectivity index (χ0) is 13.7. The van der Waals surface area contributed by atoms with E-state index in [1.165, 1.54) is 0 Å². The fourth-order valence-electron chi connectivity index (χ4n) is 2.57. The van der Waals surface area contributed by atoms with E-state index in [1.54, 1.807) is 18.4 Å². The Morgan fingerprint density at radius 2 is 2.05 bits per heavy atom. The summed E-state index contributed by atoms with van der Waals surface area (Å²) in [6.45, 7) is 0. The number of aryl methyl sites for hydroxylation is 1. The van der Waals surface area contributed by atoms with Crippen LogP contribution in [0, 0.1) is 0 Å². The van der Waals surface area contributed by atoms with Crippen molar-refractivity contribution in [3.8, 4) is 0 Å². The van der Waals surface area contributed by atoms with Gasteiger partial charge in [0, 0.05) is 12.8 Å². The SMILES string of the molecule is O=C(CCc1ccco1)NC1(C(=O)O)CCCCC1. The van der Waals surface area contributed by atoms with Crippen molar-refractivity contribution >= 4 is 11.9 Å². The molecule has 2 N–H and O–H groups in total. The van der Waals surface area contributed by atoms with E-state index >= 15 is 0 Å². The van der Waals surface area contributed by atoms with Crippen molar-refractivity contribution in [2.75, 3.05) is 0 Å². The van der Waals surface area contributed by atoms with E-state index in [1.807, 2.05) is 0 Å². The first-order valence-corrected chi connectivity index (χ1v) is 6.69. The molecule has 1 aromatic heterocycles. The lowest BCUT2D eigenvalue weighted by molar-refractivity contribution is -0.149. The summed E-state index contributed by atoms with van der Waals surface area (Å²) in [6, 6.07) is 3.58. The van der Waals surface area contributed by atoms with E-state index in [2.05, 4.69) is 5.32 Å². The van der Waals surface area contributed by atoms with E-state index < -0.39 is 11.5 Å². The van der Waals surface area contributed by atoms with Gasteiger partial charge < -0.3 is 14.8 Å². The van der Waals surface area contributed by atoms with Crippen molar-refractivity contribution in [3.63, 3.8) is 0 Å². The van der Waals surface area contributed by atoms with E-state index in [0.29, 0.717) is 19.3 Å². The fraction of sp³-hybridized carbons (Fsp3) is 0.571. The van der Waals surface area contributed by atoms with Crippen LogP contribution in [0.1, 0.15) is 44.3 Å². The molecule has 0 saturated heterocycles. The molecule has 0 unspecified atom stereocenters. The molecular weight excluding hydrogens is 246 g/mol. The predicted molar refractivity (Wildman–Crippen MR) is 68.6 cm³/mol. The Kier molecular flexibility index (Phi) is 4.24. The second-order valence-electron chi connectivity index (χ2n) is 5.08. The van der Waals surface area contributed by atoms with Crippen molar-refractivity contribution in [2.45, 2.75) is 50.5 Å². The summed E-state index contributed by atoms with van der Waals surface area (Å²) in [5.74, 6) is -0.401. The molecular formula is C14H19NO4. The van der Waals surface area contributed by atoms with Crippen molar-refractivity contribution in [3.05, 3.63) is 24.2 Å². The first-order chi connectivity index (χ1) is 9.12. The monoisotopic (exact) mass is 265 g/mol. The molecule has 1 aromatic rings. The number of amides is 1. The average Bonchev–Trinajstić information content (AvgIpc) is 2.90. The smallest absolute Gasteiger partial charge is 0.329 e. The maximum Gasteiger partial charge on any atom is 0.329 e. The summed E-state index contributed by atoms with van der Waals surface area (Å²) in [5.41, 5.74) is -1.06. The number of aliphatic carboxylic acids is 1. The van der Waals surface area contributed by atoms with Crippen molar-refractivity contribution in [1.82, 2.24) is 5.32 Å². The van der Waals surface area contributed by atoms with E-state index in [4.69, 9.17) is 4.42 Å². The largest absolute Gasteiger partial charge is 0.480 e. The summed E-state index contributed by atoms with van der Waals surface area (Å²) < 4.78 is 5.15. The van der Waals surface area contributed by atoms with Crippen LogP contribution in [0.4, 0.5) is 0 Å². The number of carbonyl (C=O) groups is 2. The molecule has 19 heavy (non-hydrogen) atoms. The number of carboxylic acids is 1. The highest BCUT2D eigenvalue weighted by molar-refractivity contribution is 5.87. The Morgan fingerprint density at radius 3 is 2.63 bits per heavy atom. The fourth-order valence-corrected chi connectivity index (χ4v) is 2.57. The summed E-state index contributed by atoms with van der Waals surface area (Å²) in [4.78, 5) is 23.3. The lowest BCUT2D eigenvalue weighted by Crippen LogP contribution is -2.55. The molecule has 1 aliphatic carbocycles. The van der Waals surface area contributed by atoms with Crippen LogP contribution in [0.15, 0.2) is 22.8 Å². The number of carboxylic acid groups (broad SMARTS) is 1. The van der Waals surface area contributed by atoms with Gasteiger partial charge in [0.1, 0.15) is 11.3 Å². The third kappa shape index (κ3) is 3.36. The summed E-state index contributed by atoms with van der Waals surface area (Å²) >= 11 is 0. The lowest BCUT2D eigenvalue weighted by Gasteiger charge is -2.33. The van der Waals surface area contributed by atoms with Gasteiger partial charge in [-0.25, -0.2) is 4.79 Å². The molecule has 1 fully saturated rings. The number of carbonyl (C=O) groups excluding carboxylic acids is 1. The number of nitrogens with one attached hydrogen (secondary N) is 1. The number of rotatable bonds is 5. The van der Waals surface area contributed by atoms with Crippen molar-refractivity contribution in [1.29, 1.82) is 0 Å². The number of furan rings is 1. The van der Waals surface area contributed by atoms with Gasteiger partial charge in [-0.2, -0.15) is 0 Å². The molecule has 104 valence electrons.